The SMILES string of the molecule is C[C@@H](NC(=O)C1(N)CCOCC1)C1CCCCCC1. The van der Waals surface area contributed by atoms with Gasteiger partial charge in [-0.2, -0.15) is 0 Å². The van der Waals surface area contributed by atoms with Crippen molar-refractivity contribution in [1.29, 1.82) is 0 Å². The molecule has 0 aromatic rings. The maximum absolute atomic E-state index is 12.4. The van der Waals surface area contributed by atoms with Crippen LogP contribution in [0.1, 0.15) is 58.3 Å². The van der Waals surface area contributed by atoms with Crippen molar-refractivity contribution in [3.05, 3.63) is 0 Å². The largest absolute Gasteiger partial charge is 0.381 e. The van der Waals surface area contributed by atoms with Crippen molar-refractivity contribution < 1.29 is 9.53 Å². The molecule has 1 amide bonds. The summed E-state index contributed by atoms with van der Waals surface area (Å²) in [6.07, 6.45) is 9.03. The number of hydrogen-bond donors (Lipinski definition) is 2. The first kappa shape index (κ1) is 14.8. The molecule has 2 rings (SSSR count). The maximum Gasteiger partial charge on any atom is 0.240 e. The Morgan fingerprint density at radius 1 is 1.21 bits per heavy atom. The fourth-order valence-corrected chi connectivity index (χ4v) is 3.24. The highest BCUT2D eigenvalue weighted by molar-refractivity contribution is 5.86. The lowest BCUT2D eigenvalue weighted by molar-refractivity contribution is -0.130. The van der Waals surface area contributed by atoms with E-state index in [9.17, 15) is 4.79 Å². The molecule has 4 nitrogen and oxygen atoms in total. The van der Waals surface area contributed by atoms with E-state index in [2.05, 4.69) is 12.2 Å². The number of nitrogens with two attached hydrogens (primary N) is 1. The van der Waals surface area contributed by atoms with Gasteiger partial charge in [-0.15, -0.1) is 0 Å². The van der Waals surface area contributed by atoms with Crippen LogP contribution in [0.5, 0.6) is 0 Å². The van der Waals surface area contributed by atoms with Gasteiger partial charge in [0.2, 0.25) is 5.91 Å². The van der Waals surface area contributed by atoms with E-state index in [-0.39, 0.29) is 11.9 Å². The molecule has 2 aliphatic rings. The lowest BCUT2D eigenvalue weighted by Crippen LogP contribution is -2.59. The van der Waals surface area contributed by atoms with Gasteiger partial charge in [0.05, 0.1) is 5.54 Å². The Hall–Kier alpha value is -0.610. The van der Waals surface area contributed by atoms with Crippen molar-refractivity contribution in [2.45, 2.75) is 69.9 Å². The van der Waals surface area contributed by atoms with Crippen LogP contribution in [-0.2, 0) is 9.53 Å². The number of ether oxygens (including phenoxy) is 1. The molecule has 0 spiro atoms. The van der Waals surface area contributed by atoms with Crippen LogP contribution < -0.4 is 11.1 Å². The Kier molecular flexibility index (Phi) is 5.22. The molecule has 3 N–H and O–H groups in total. The Bertz CT molecular complexity index is 293. The van der Waals surface area contributed by atoms with Crippen LogP contribution >= 0.6 is 0 Å². The summed E-state index contributed by atoms with van der Waals surface area (Å²) in [6.45, 7) is 3.33. The molecule has 4 heteroatoms. The van der Waals surface area contributed by atoms with Gasteiger partial charge in [0.15, 0.2) is 0 Å². The highest BCUT2D eigenvalue weighted by Crippen LogP contribution is 2.26. The fraction of sp³-hybridized carbons (Fsp3) is 0.933. The number of carbonyl (C=O) groups is 1. The summed E-state index contributed by atoms with van der Waals surface area (Å²) in [5.74, 6) is 0.641. The van der Waals surface area contributed by atoms with Gasteiger partial charge in [-0.3, -0.25) is 4.79 Å². The quantitative estimate of drug-likeness (QED) is 0.769. The number of carbonyl (C=O) groups excluding carboxylic acids is 1. The van der Waals surface area contributed by atoms with E-state index >= 15 is 0 Å². The molecule has 0 unspecified atom stereocenters. The summed E-state index contributed by atoms with van der Waals surface area (Å²) in [5.41, 5.74) is 5.51. The lowest BCUT2D eigenvalue weighted by Gasteiger charge is -2.34. The van der Waals surface area contributed by atoms with E-state index in [4.69, 9.17) is 10.5 Å². The van der Waals surface area contributed by atoms with E-state index in [0.717, 1.165) is 0 Å². The third kappa shape index (κ3) is 3.93. The Morgan fingerprint density at radius 3 is 2.37 bits per heavy atom. The van der Waals surface area contributed by atoms with Gasteiger partial charge in [-0.05, 0) is 38.5 Å². The topological polar surface area (TPSA) is 64.4 Å². The summed E-state index contributed by atoms with van der Waals surface area (Å²) in [5, 5.41) is 3.17. The van der Waals surface area contributed by atoms with Crippen molar-refractivity contribution >= 4 is 5.91 Å². The molecule has 0 aromatic carbocycles. The number of rotatable bonds is 3. The minimum atomic E-state index is -0.711. The van der Waals surface area contributed by atoms with Crippen LogP contribution in [0.4, 0.5) is 0 Å². The number of nitrogens with one attached hydrogen (secondary N) is 1. The summed E-state index contributed by atoms with van der Waals surface area (Å²) in [7, 11) is 0. The second-order valence-electron chi connectivity index (χ2n) is 6.28. The van der Waals surface area contributed by atoms with Gasteiger partial charge >= 0.3 is 0 Å². The first-order chi connectivity index (χ1) is 9.12. The number of amides is 1. The molecule has 19 heavy (non-hydrogen) atoms. The van der Waals surface area contributed by atoms with E-state index in [0.29, 0.717) is 32.0 Å². The van der Waals surface area contributed by atoms with Crippen molar-refractivity contribution in [3.63, 3.8) is 0 Å². The minimum absolute atomic E-state index is 0.0209. The molecule has 1 saturated carbocycles. The van der Waals surface area contributed by atoms with Crippen molar-refractivity contribution in [2.75, 3.05) is 13.2 Å². The molecule has 110 valence electrons. The van der Waals surface area contributed by atoms with E-state index in [1.54, 1.807) is 0 Å². The standard InChI is InChI=1S/C15H28N2O2/c1-12(13-6-4-2-3-5-7-13)17-14(18)15(16)8-10-19-11-9-15/h12-13H,2-11,16H2,1H3,(H,17,18)/t12-/m1/s1. The predicted octanol–water partition coefficient (Wildman–Crippen LogP) is 1.97. The van der Waals surface area contributed by atoms with Crippen LogP contribution in [-0.4, -0.2) is 30.7 Å². The number of hydrogen-bond acceptors (Lipinski definition) is 3. The molecule has 1 aliphatic heterocycles. The van der Waals surface area contributed by atoms with Gasteiger partial charge in [0, 0.05) is 19.3 Å². The van der Waals surface area contributed by atoms with Crippen LogP contribution in [0.3, 0.4) is 0 Å². The Morgan fingerprint density at radius 2 is 1.79 bits per heavy atom. The maximum atomic E-state index is 12.4. The second-order valence-corrected chi connectivity index (χ2v) is 6.28. The van der Waals surface area contributed by atoms with Gasteiger partial charge in [0.25, 0.3) is 0 Å². The molecule has 1 heterocycles. The molecule has 1 atom stereocenters. The average molecular weight is 268 g/mol. The summed E-state index contributed by atoms with van der Waals surface area (Å²) < 4.78 is 5.29. The third-order valence-electron chi connectivity index (χ3n) is 4.80. The van der Waals surface area contributed by atoms with E-state index in [1.165, 1.54) is 38.5 Å². The van der Waals surface area contributed by atoms with Gasteiger partial charge < -0.3 is 15.8 Å². The van der Waals surface area contributed by atoms with Gasteiger partial charge in [-0.1, -0.05) is 25.7 Å². The molecule has 0 radical (unpaired) electrons. The first-order valence-electron chi connectivity index (χ1n) is 7.79. The lowest BCUT2D eigenvalue weighted by atomic mass is 9.88. The first-order valence-corrected chi connectivity index (χ1v) is 7.79. The monoisotopic (exact) mass is 268 g/mol. The second kappa shape index (κ2) is 6.71. The fourth-order valence-electron chi connectivity index (χ4n) is 3.24. The molecular formula is C15H28N2O2. The molecular weight excluding hydrogens is 240 g/mol. The van der Waals surface area contributed by atoms with Crippen LogP contribution in [0.15, 0.2) is 0 Å². The zero-order valence-electron chi connectivity index (χ0n) is 12.1. The molecule has 0 bridgehead atoms. The van der Waals surface area contributed by atoms with Crippen LogP contribution in [0.25, 0.3) is 0 Å². The van der Waals surface area contributed by atoms with Gasteiger partial charge in [-0.25, -0.2) is 0 Å². The predicted molar refractivity (Wildman–Crippen MR) is 75.8 cm³/mol. The summed E-state index contributed by atoms with van der Waals surface area (Å²) in [4.78, 5) is 12.4. The van der Waals surface area contributed by atoms with Crippen LogP contribution in [0.2, 0.25) is 0 Å². The van der Waals surface area contributed by atoms with Crippen molar-refractivity contribution in [1.82, 2.24) is 5.32 Å². The molecule has 1 aliphatic carbocycles. The zero-order chi connectivity index (χ0) is 13.7. The molecule has 0 aromatic heterocycles. The third-order valence-corrected chi connectivity index (χ3v) is 4.80. The van der Waals surface area contributed by atoms with Crippen molar-refractivity contribution in [2.24, 2.45) is 11.7 Å². The molecule has 2 fully saturated rings. The summed E-state index contributed by atoms with van der Waals surface area (Å²) in [6, 6.07) is 0.244. The van der Waals surface area contributed by atoms with Gasteiger partial charge in [0.1, 0.15) is 0 Å². The highest BCUT2D eigenvalue weighted by Gasteiger charge is 2.37. The summed E-state index contributed by atoms with van der Waals surface area (Å²) >= 11 is 0. The minimum Gasteiger partial charge on any atom is -0.381 e. The zero-order valence-corrected chi connectivity index (χ0v) is 12.1. The molecule has 1 saturated heterocycles. The van der Waals surface area contributed by atoms with E-state index < -0.39 is 5.54 Å². The Balaban J connectivity index is 1.86. The highest BCUT2D eigenvalue weighted by atomic mass is 16.5. The van der Waals surface area contributed by atoms with Crippen molar-refractivity contribution in [3.8, 4) is 0 Å². The average Bonchev–Trinajstić information content (AvgIpc) is 2.68. The van der Waals surface area contributed by atoms with Crippen LogP contribution in [0, 0.1) is 5.92 Å². The normalized spacial score (nSPS) is 26.4. The van der Waals surface area contributed by atoms with E-state index in [1.807, 2.05) is 0 Å². The Labute approximate surface area is 116 Å². The smallest absolute Gasteiger partial charge is 0.240 e.